The first-order valence-corrected chi connectivity index (χ1v) is 8.61. The Morgan fingerprint density at radius 3 is 2.76 bits per heavy atom. The SMILES string of the molecule is Cc1ccc(S(=O)(=O)NC2CCCc3occc32)cc1C. The molecule has 21 heavy (non-hydrogen) atoms. The van der Waals surface area contributed by atoms with Crippen molar-refractivity contribution in [3.05, 3.63) is 53.0 Å². The predicted octanol–water partition coefficient (Wildman–Crippen LogP) is 3.25. The second kappa shape index (κ2) is 5.31. The lowest BCUT2D eigenvalue weighted by Gasteiger charge is -2.22. The summed E-state index contributed by atoms with van der Waals surface area (Å²) < 4.78 is 33.3. The fourth-order valence-electron chi connectivity index (χ4n) is 2.75. The van der Waals surface area contributed by atoms with Crippen molar-refractivity contribution < 1.29 is 12.8 Å². The number of nitrogens with one attached hydrogen (secondary N) is 1. The van der Waals surface area contributed by atoms with Crippen molar-refractivity contribution in [2.45, 2.75) is 44.0 Å². The van der Waals surface area contributed by atoms with Crippen LogP contribution in [-0.4, -0.2) is 8.42 Å². The summed E-state index contributed by atoms with van der Waals surface area (Å²) in [5.41, 5.74) is 3.03. The second-order valence-corrected chi connectivity index (χ2v) is 7.33. The van der Waals surface area contributed by atoms with Crippen molar-refractivity contribution in [2.75, 3.05) is 0 Å². The number of hydrogen-bond donors (Lipinski definition) is 1. The van der Waals surface area contributed by atoms with Crippen molar-refractivity contribution in [3.63, 3.8) is 0 Å². The maximum absolute atomic E-state index is 12.6. The average Bonchev–Trinajstić information content (AvgIpc) is 2.91. The molecule has 0 saturated heterocycles. The van der Waals surface area contributed by atoms with Gasteiger partial charge in [0.15, 0.2) is 0 Å². The molecule has 0 radical (unpaired) electrons. The van der Waals surface area contributed by atoms with Gasteiger partial charge in [-0.25, -0.2) is 13.1 Å². The van der Waals surface area contributed by atoms with Gasteiger partial charge in [0.2, 0.25) is 10.0 Å². The van der Waals surface area contributed by atoms with E-state index in [1.54, 1.807) is 18.4 Å². The largest absolute Gasteiger partial charge is 0.469 e. The third kappa shape index (κ3) is 2.76. The van der Waals surface area contributed by atoms with E-state index in [-0.39, 0.29) is 6.04 Å². The quantitative estimate of drug-likeness (QED) is 0.947. The maximum Gasteiger partial charge on any atom is 0.241 e. The summed E-state index contributed by atoms with van der Waals surface area (Å²) in [6, 6.07) is 6.88. The fourth-order valence-corrected chi connectivity index (χ4v) is 4.08. The molecule has 2 aromatic rings. The molecule has 1 unspecified atom stereocenters. The molecule has 1 atom stereocenters. The van der Waals surface area contributed by atoms with E-state index in [1.807, 2.05) is 26.0 Å². The summed E-state index contributed by atoms with van der Waals surface area (Å²) in [4.78, 5) is 0.321. The number of sulfonamides is 1. The number of rotatable bonds is 3. The highest BCUT2D eigenvalue weighted by molar-refractivity contribution is 7.89. The van der Waals surface area contributed by atoms with Crippen molar-refractivity contribution >= 4 is 10.0 Å². The molecular formula is C16H19NO3S. The van der Waals surface area contributed by atoms with Gasteiger partial charge in [-0.15, -0.1) is 0 Å². The molecule has 0 spiro atoms. The third-order valence-corrected chi connectivity index (χ3v) is 5.61. The van der Waals surface area contributed by atoms with Crippen LogP contribution in [0.5, 0.6) is 0 Å². The Bertz CT molecular complexity index is 762. The summed E-state index contributed by atoms with van der Waals surface area (Å²) >= 11 is 0. The number of hydrogen-bond acceptors (Lipinski definition) is 3. The van der Waals surface area contributed by atoms with Gasteiger partial charge < -0.3 is 4.42 Å². The van der Waals surface area contributed by atoms with Crippen LogP contribution in [0.25, 0.3) is 0 Å². The molecule has 0 aliphatic heterocycles. The highest BCUT2D eigenvalue weighted by Crippen LogP contribution is 2.31. The summed E-state index contributed by atoms with van der Waals surface area (Å²) in [5.74, 6) is 0.897. The summed E-state index contributed by atoms with van der Waals surface area (Å²) in [6.07, 6.45) is 4.24. The van der Waals surface area contributed by atoms with E-state index in [9.17, 15) is 8.42 Å². The van der Waals surface area contributed by atoms with Gasteiger partial charge in [-0.3, -0.25) is 0 Å². The molecule has 112 valence electrons. The number of benzene rings is 1. The summed E-state index contributed by atoms with van der Waals surface area (Å²) in [5, 5.41) is 0. The van der Waals surface area contributed by atoms with Gasteiger partial charge in [0, 0.05) is 12.0 Å². The maximum atomic E-state index is 12.6. The van der Waals surface area contributed by atoms with E-state index in [0.29, 0.717) is 4.90 Å². The van der Waals surface area contributed by atoms with Crippen molar-refractivity contribution in [1.82, 2.24) is 4.72 Å². The minimum atomic E-state index is -3.51. The monoisotopic (exact) mass is 305 g/mol. The van der Waals surface area contributed by atoms with Crippen LogP contribution in [0.15, 0.2) is 39.8 Å². The van der Waals surface area contributed by atoms with E-state index >= 15 is 0 Å². The van der Waals surface area contributed by atoms with Crippen molar-refractivity contribution in [2.24, 2.45) is 0 Å². The van der Waals surface area contributed by atoms with Gasteiger partial charge in [0.25, 0.3) is 0 Å². The fraction of sp³-hybridized carbons (Fsp3) is 0.375. The molecule has 1 aromatic carbocycles. The van der Waals surface area contributed by atoms with Crippen LogP contribution in [-0.2, 0) is 16.4 Å². The Balaban J connectivity index is 1.89. The molecule has 1 aliphatic carbocycles. The summed E-state index contributed by atoms with van der Waals surface area (Å²) in [6.45, 7) is 3.89. The molecule has 0 fully saturated rings. The van der Waals surface area contributed by atoms with Gasteiger partial charge in [0.05, 0.1) is 17.2 Å². The second-order valence-electron chi connectivity index (χ2n) is 5.61. The molecule has 0 saturated carbocycles. The zero-order valence-corrected chi connectivity index (χ0v) is 13.0. The zero-order chi connectivity index (χ0) is 15.0. The summed E-state index contributed by atoms with van der Waals surface area (Å²) in [7, 11) is -3.51. The molecule has 4 nitrogen and oxygen atoms in total. The highest BCUT2D eigenvalue weighted by atomic mass is 32.2. The highest BCUT2D eigenvalue weighted by Gasteiger charge is 2.27. The predicted molar refractivity (Wildman–Crippen MR) is 80.6 cm³/mol. The Morgan fingerprint density at radius 2 is 2.00 bits per heavy atom. The normalized spacial score (nSPS) is 18.5. The van der Waals surface area contributed by atoms with Crippen molar-refractivity contribution in [3.8, 4) is 0 Å². The van der Waals surface area contributed by atoms with Gasteiger partial charge in [-0.1, -0.05) is 6.07 Å². The smallest absolute Gasteiger partial charge is 0.241 e. The average molecular weight is 305 g/mol. The van der Waals surface area contributed by atoms with E-state index < -0.39 is 10.0 Å². The minimum absolute atomic E-state index is 0.195. The molecule has 3 rings (SSSR count). The van der Waals surface area contributed by atoms with Gasteiger partial charge in [0.1, 0.15) is 5.76 Å². The number of furan rings is 1. The molecule has 1 aromatic heterocycles. The lowest BCUT2D eigenvalue weighted by Crippen LogP contribution is -2.30. The molecule has 1 aliphatic rings. The lowest BCUT2D eigenvalue weighted by atomic mass is 9.94. The van der Waals surface area contributed by atoms with E-state index in [0.717, 1.165) is 41.7 Å². The Kier molecular flexibility index (Phi) is 3.63. The van der Waals surface area contributed by atoms with Crippen LogP contribution >= 0.6 is 0 Å². The Labute approximate surface area is 125 Å². The topological polar surface area (TPSA) is 59.3 Å². The van der Waals surface area contributed by atoms with E-state index in [1.165, 1.54) is 0 Å². The van der Waals surface area contributed by atoms with Crippen LogP contribution in [0, 0.1) is 13.8 Å². The van der Waals surface area contributed by atoms with Gasteiger partial charge in [-0.2, -0.15) is 0 Å². The van der Waals surface area contributed by atoms with Gasteiger partial charge >= 0.3 is 0 Å². The van der Waals surface area contributed by atoms with Gasteiger partial charge in [-0.05, 0) is 56.0 Å². The van der Waals surface area contributed by atoms with Crippen LogP contribution in [0.1, 0.15) is 41.3 Å². The first-order chi connectivity index (χ1) is 9.97. The molecular weight excluding hydrogens is 286 g/mol. The zero-order valence-electron chi connectivity index (χ0n) is 12.2. The first-order valence-electron chi connectivity index (χ1n) is 7.13. The van der Waals surface area contributed by atoms with E-state index in [2.05, 4.69) is 4.72 Å². The van der Waals surface area contributed by atoms with Crippen LogP contribution in [0.4, 0.5) is 0 Å². The van der Waals surface area contributed by atoms with Crippen LogP contribution in [0.3, 0.4) is 0 Å². The number of fused-ring (bicyclic) bond motifs is 1. The number of aryl methyl sites for hydroxylation is 3. The van der Waals surface area contributed by atoms with Crippen LogP contribution in [0.2, 0.25) is 0 Å². The molecule has 5 heteroatoms. The molecule has 0 amide bonds. The van der Waals surface area contributed by atoms with Crippen molar-refractivity contribution in [1.29, 1.82) is 0 Å². The van der Waals surface area contributed by atoms with Crippen LogP contribution < -0.4 is 4.72 Å². The molecule has 0 bridgehead atoms. The third-order valence-electron chi connectivity index (χ3n) is 4.14. The first kappa shape index (κ1) is 14.4. The minimum Gasteiger partial charge on any atom is -0.469 e. The molecule has 1 N–H and O–H groups in total. The standard InChI is InChI=1S/C16H19NO3S/c1-11-6-7-13(10-12(11)2)21(18,19)17-15-4-3-5-16-14(15)8-9-20-16/h6-10,15,17H,3-5H2,1-2H3. The Morgan fingerprint density at radius 1 is 1.19 bits per heavy atom. The van der Waals surface area contributed by atoms with E-state index in [4.69, 9.17) is 4.42 Å². The molecule has 1 heterocycles. The lowest BCUT2D eigenvalue weighted by molar-refractivity contribution is 0.438. The Hall–Kier alpha value is -1.59.